The van der Waals surface area contributed by atoms with E-state index < -0.39 is 0 Å². The summed E-state index contributed by atoms with van der Waals surface area (Å²) in [4.78, 5) is 9.84. The van der Waals surface area contributed by atoms with Crippen LogP contribution < -0.4 is 10.6 Å². The fourth-order valence-electron chi connectivity index (χ4n) is 4.35. The minimum atomic E-state index is -0.257. The average molecular weight is 435 g/mol. The first kappa shape index (κ1) is 20.0. The molecule has 0 unspecified atom stereocenters. The lowest BCUT2D eigenvalue weighted by molar-refractivity contribution is 0.627. The van der Waals surface area contributed by atoms with E-state index in [0.29, 0.717) is 17.4 Å². The number of anilines is 2. The third-order valence-electron chi connectivity index (χ3n) is 6.01. The molecule has 158 valence electrons. The summed E-state index contributed by atoms with van der Waals surface area (Å²) in [7, 11) is 0. The molecular formula is C25H24ClFN4. The zero-order chi connectivity index (χ0) is 21.4. The van der Waals surface area contributed by atoms with Crippen molar-refractivity contribution < 1.29 is 4.39 Å². The van der Waals surface area contributed by atoms with Gasteiger partial charge >= 0.3 is 0 Å². The zero-order valence-corrected chi connectivity index (χ0v) is 18.2. The highest BCUT2D eigenvalue weighted by molar-refractivity contribution is 6.33. The van der Waals surface area contributed by atoms with Crippen LogP contribution in [0.15, 0.2) is 48.0 Å². The van der Waals surface area contributed by atoms with Crippen LogP contribution in [0.1, 0.15) is 43.0 Å². The lowest BCUT2D eigenvalue weighted by atomic mass is 10.00. The normalized spacial score (nSPS) is 15.6. The van der Waals surface area contributed by atoms with Gasteiger partial charge in [-0.15, -0.1) is 0 Å². The second-order valence-corrected chi connectivity index (χ2v) is 8.59. The van der Waals surface area contributed by atoms with E-state index in [9.17, 15) is 4.39 Å². The number of hydrogen-bond acceptors (Lipinski definition) is 4. The first-order valence-electron chi connectivity index (χ1n) is 10.8. The van der Waals surface area contributed by atoms with Crippen molar-refractivity contribution in [3.8, 4) is 11.4 Å². The van der Waals surface area contributed by atoms with E-state index in [-0.39, 0.29) is 5.82 Å². The molecule has 0 saturated heterocycles. The highest BCUT2D eigenvalue weighted by Crippen LogP contribution is 2.36. The monoisotopic (exact) mass is 434 g/mol. The number of nitrogens with zero attached hydrogens (tertiary/aromatic N) is 2. The molecule has 2 N–H and O–H groups in total. The van der Waals surface area contributed by atoms with E-state index in [0.717, 1.165) is 70.8 Å². The maximum atomic E-state index is 14.1. The predicted molar refractivity (Wildman–Crippen MR) is 125 cm³/mol. The molecule has 1 aliphatic carbocycles. The second kappa shape index (κ2) is 8.31. The Morgan fingerprint density at radius 2 is 1.84 bits per heavy atom. The van der Waals surface area contributed by atoms with Gasteiger partial charge in [-0.25, -0.2) is 14.4 Å². The molecule has 1 aromatic heterocycles. The minimum absolute atomic E-state index is 0.257. The van der Waals surface area contributed by atoms with Gasteiger partial charge in [-0.05, 0) is 68.5 Å². The molecule has 3 aromatic rings. The Morgan fingerprint density at radius 3 is 2.71 bits per heavy atom. The first-order valence-corrected chi connectivity index (χ1v) is 11.1. The van der Waals surface area contributed by atoms with E-state index in [2.05, 4.69) is 17.6 Å². The molecule has 4 nitrogen and oxygen atoms in total. The maximum absolute atomic E-state index is 14.1. The van der Waals surface area contributed by atoms with Crippen molar-refractivity contribution >= 4 is 28.8 Å². The molecule has 2 aliphatic rings. The van der Waals surface area contributed by atoms with Gasteiger partial charge in [-0.1, -0.05) is 30.2 Å². The molecule has 0 fully saturated rings. The van der Waals surface area contributed by atoms with Gasteiger partial charge in [0, 0.05) is 40.3 Å². The molecule has 0 amide bonds. The van der Waals surface area contributed by atoms with Gasteiger partial charge in [0.2, 0.25) is 0 Å². The Morgan fingerprint density at radius 1 is 1.00 bits per heavy atom. The second-order valence-electron chi connectivity index (χ2n) is 8.19. The zero-order valence-electron chi connectivity index (χ0n) is 17.4. The number of benzene rings is 2. The summed E-state index contributed by atoms with van der Waals surface area (Å²) in [5.74, 6) is 1.17. The number of nitrogens with one attached hydrogen (secondary N) is 2. The van der Waals surface area contributed by atoms with Gasteiger partial charge in [0.1, 0.15) is 11.6 Å². The molecule has 0 bridgehead atoms. The van der Waals surface area contributed by atoms with Crippen LogP contribution in [0.2, 0.25) is 5.02 Å². The molecule has 31 heavy (non-hydrogen) atoms. The number of rotatable bonds is 3. The lowest BCUT2D eigenvalue weighted by Gasteiger charge is -2.25. The van der Waals surface area contributed by atoms with Gasteiger partial charge in [0.15, 0.2) is 5.82 Å². The summed E-state index contributed by atoms with van der Waals surface area (Å²) in [6.45, 7) is 2.75. The van der Waals surface area contributed by atoms with Crippen molar-refractivity contribution in [3.63, 3.8) is 0 Å². The van der Waals surface area contributed by atoms with Crippen LogP contribution in [-0.4, -0.2) is 16.5 Å². The number of hydrogen-bond donors (Lipinski definition) is 2. The third kappa shape index (κ3) is 3.90. The van der Waals surface area contributed by atoms with Crippen LogP contribution >= 0.6 is 11.6 Å². The highest BCUT2D eigenvalue weighted by atomic mass is 35.5. The van der Waals surface area contributed by atoms with Gasteiger partial charge in [-0.2, -0.15) is 0 Å². The maximum Gasteiger partial charge on any atom is 0.163 e. The van der Waals surface area contributed by atoms with Crippen LogP contribution in [-0.2, 0) is 12.8 Å². The Bertz CT molecular complexity index is 1190. The van der Waals surface area contributed by atoms with Crippen LogP contribution in [0.25, 0.3) is 17.1 Å². The van der Waals surface area contributed by atoms with E-state index in [1.807, 2.05) is 24.3 Å². The molecule has 0 atom stereocenters. The number of aromatic nitrogens is 2. The van der Waals surface area contributed by atoms with Crippen molar-refractivity contribution in [2.45, 2.75) is 39.0 Å². The predicted octanol–water partition coefficient (Wildman–Crippen LogP) is 6.47. The smallest absolute Gasteiger partial charge is 0.163 e. The number of aryl methyl sites for hydroxylation is 1. The fourth-order valence-corrected chi connectivity index (χ4v) is 4.57. The van der Waals surface area contributed by atoms with Crippen LogP contribution in [0.5, 0.6) is 0 Å². The van der Waals surface area contributed by atoms with Crippen molar-refractivity contribution in [1.82, 2.24) is 9.97 Å². The summed E-state index contributed by atoms with van der Waals surface area (Å²) in [5, 5.41) is 7.57. The van der Waals surface area contributed by atoms with Gasteiger partial charge in [0.05, 0.1) is 5.02 Å². The van der Waals surface area contributed by atoms with Crippen LogP contribution in [0.3, 0.4) is 0 Å². The third-order valence-corrected chi connectivity index (χ3v) is 6.34. The van der Waals surface area contributed by atoms with Crippen molar-refractivity contribution in [2.75, 3.05) is 17.2 Å². The molecule has 5 rings (SSSR count). The first-order chi connectivity index (χ1) is 15.1. The summed E-state index contributed by atoms with van der Waals surface area (Å²) in [6, 6.07) is 12.5. The highest BCUT2D eigenvalue weighted by Gasteiger charge is 2.22. The minimum Gasteiger partial charge on any atom is -0.381 e. The van der Waals surface area contributed by atoms with E-state index in [4.69, 9.17) is 21.6 Å². The Hall–Kier alpha value is -2.92. The quantitative estimate of drug-likeness (QED) is 0.463. The molecule has 0 radical (unpaired) electrons. The van der Waals surface area contributed by atoms with Crippen LogP contribution in [0.4, 0.5) is 15.9 Å². The van der Waals surface area contributed by atoms with Crippen molar-refractivity contribution in [2.24, 2.45) is 0 Å². The Balaban J connectivity index is 1.64. The SMILES string of the molecule is CC1=C(Nc2nc(-c3ccccc3Cl)nc3c2CCCCC3)c2cc(F)ccc2NC1. The summed E-state index contributed by atoms with van der Waals surface area (Å²) in [6.07, 6.45) is 5.26. The van der Waals surface area contributed by atoms with Crippen molar-refractivity contribution in [3.05, 3.63) is 75.7 Å². The topological polar surface area (TPSA) is 49.8 Å². The Kier molecular flexibility index (Phi) is 5.36. The van der Waals surface area contributed by atoms with Gasteiger partial charge < -0.3 is 10.6 Å². The average Bonchev–Trinajstić information content (AvgIpc) is 3.02. The van der Waals surface area contributed by atoms with Crippen LogP contribution in [0, 0.1) is 5.82 Å². The summed E-state index contributed by atoms with van der Waals surface area (Å²) < 4.78 is 14.1. The van der Waals surface area contributed by atoms with E-state index >= 15 is 0 Å². The molecule has 2 aromatic carbocycles. The van der Waals surface area contributed by atoms with Gasteiger partial charge in [-0.3, -0.25) is 0 Å². The largest absolute Gasteiger partial charge is 0.381 e. The molecule has 1 aliphatic heterocycles. The lowest BCUT2D eigenvalue weighted by Crippen LogP contribution is -2.18. The molecular weight excluding hydrogens is 411 g/mol. The number of halogens is 2. The number of fused-ring (bicyclic) bond motifs is 2. The molecule has 2 heterocycles. The standard InChI is InChI=1S/C25H24ClFN4/c1-15-14-28-21-12-11-16(27)13-19(21)23(15)30-25-18-8-3-2-4-10-22(18)29-24(31-25)17-7-5-6-9-20(17)26/h5-7,9,11-13,28H,2-4,8,10,14H2,1H3,(H,29,30,31). The van der Waals surface area contributed by atoms with E-state index in [1.165, 1.54) is 12.5 Å². The fraction of sp³-hybridized carbons (Fsp3) is 0.280. The van der Waals surface area contributed by atoms with Crippen molar-refractivity contribution in [1.29, 1.82) is 0 Å². The molecule has 0 spiro atoms. The van der Waals surface area contributed by atoms with E-state index in [1.54, 1.807) is 12.1 Å². The van der Waals surface area contributed by atoms with Gasteiger partial charge in [0.25, 0.3) is 0 Å². The molecule has 0 saturated carbocycles. The summed E-state index contributed by atoms with van der Waals surface area (Å²) in [5.41, 5.74) is 6.82. The Labute approximate surface area is 186 Å². The molecule has 6 heteroatoms. The summed E-state index contributed by atoms with van der Waals surface area (Å²) >= 11 is 6.47.